The van der Waals surface area contributed by atoms with Crippen LogP contribution in [0.4, 0.5) is 0 Å². The first-order valence-corrected chi connectivity index (χ1v) is 17.8. The Morgan fingerprint density at radius 1 is 0.451 bits per heavy atom. The average molecular weight is 671 g/mol. The molecule has 0 spiro atoms. The number of hydrogen-bond donors (Lipinski definition) is 0. The molecule has 7 aromatic carbocycles. The highest BCUT2D eigenvalue weighted by molar-refractivity contribution is 7.25. The summed E-state index contributed by atoms with van der Waals surface area (Å²) in [6, 6.07) is 54.9. The van der Waals surface area contributed by atoms with Gasteiger partial charge in [-0.3, -0.25) is 0 Å². The Kier molecular flexibility index (Phi) is 6.05. The fourth-order valence-corrected chi connectivity index (χ4v) is 8.75. The summed E-state index contributed by atoms with van der Waals surface area (Å²) in [6.07, 6.45) is 0. The maximum atomic E-state index is 6.32. The quantitative estimate of drug-likeness (QED) is 0.187. The molecule has 5 nitrogen and oxygen atoms in total. The summed E-state index contributed by atoms with van der Waals surface area (Å²) in [6.45, 7) is 0. The second kappa shape index (κ2) is 10.9. The van der Waals surface area contributed by atoms with Crippen molar-refractivity contribution in [1.82, 2.24) is 19.5 Å². The van der Waals surface area contributed by atoms with Gasteiger partial charge in [-0.05, 0) is 54.6 Å². The molecule has 0 aliphatic heterocycles. The van der Waals surface area contributed by atoms with Gasteiger partial charge in [0.2, 0.25) is 0 Å². The van der Waals surface area contributed by atoms with Crippen LogP contribution in [0.15, 0.2) is 162 Å². The van der Waals surface area contributed by atoms with Crippen LogP contribution < -0.4 is 0 Å². The van der Waals surface area contributed by atoms with Gasteiger partial charge in [-0.15, -0.1) is 11.3 Å². The van der Waals surface area contributed by atoms with Crippen molar-refractivity contribution in [2.75, 3.05) is 0 Å². The van der Waals surface area contributed by atoms with E-state index in [-0.39, 0.29) is 0 Å². The largest absolute Gasteiger partial charge is 0.456 e. The van der Waals surface area contributed by atoms with Crippen LogP contribution >= 0.6 is 11.3 Å². The van der Waals surface area contributed by atoms with Crippen LogP contribution in [0.25, 0.3) is 104 Å². The van der Waals surface area contributed by atoms with E-state index in [0.29, 0.717) is 17.5 Å². The first-order chi connectivity index (χ1) is 25.3. The lowest BCUT2D eigenvalue weighted by molar-refractivity contribution is 0.669. The van der Waals surface area contributed by atoms with Crippen LogP contribution in [0.1, 0.15) is 0 Å². The zero-order valence-electron chi connectivity index (χ0n) is 27.1. The van der Waals surface area contributed by atoms with Crippen molar-refractivity contribution in [3.63, 3.8) is 0 Å². The molecule has 51 heavy (non-hydrogen) atoms. The summed E-state index contributed by atoms with van der Waals surface area (Å²) < 4.78 is 11.1. The number of hydrogen-bond acceptors (Lipinski definition) is 5. The van der Waals surface area contributed by atoms with Crippen LogP contribution in [-0.2, 0) is 0 Å². The number of aromatic nitrogens is 4. The average Bonchev–Trinajstić information content (AvgIpc) is 3.87. The number of rotatable bonds is 4. The highest BCUT2D eigenvalue weighted by atomic mass is 32.1. The molecule has 0 fully saturated rings. The second-order valence-electron chi connectivity index (χ2n) is 12.8. The molecule has 0 unspecified atom stereocenters. The van der Waals surface area contributed by atoms with Crippen LogP contribution in [-0.4, -0.2) is 19.5 Å². The van der Waals surface area contributed by atoms with E-state index in [1.807, 2.05) is 18.2 Å². The number of furan rings is 1. The van der Waals surface area contributed by atoms with Crippen molar-refractivity contribution in [2.24, 2.45) is 0 Å². The Morgan fingerprint density at radius 2 is 1.10 bits per heavy atom. The highest BCUT2D eigenvalue weighted by Gasteiger charge is 2.21. The molecular formula is C45H26N4OS. The fraction of sp³-hybridized carbons (Fsp3) is 0. The molecule has 0 aliphatic rings. The molecule has 6 heteroatoms. The molecule has 4 heterocycles. The lowest BCUT2D eigenvalue weighted by Gasteiger charge is -2.13. The zero-order chi connectivity index (χ0) is 33.5. The van der Waals surface area contributed by atoms with Crippen molar-refractivity contribution in [3.8, 4) is 39.9 Å². The SMILES string of the molecule is c1ccc(-n2c3ccccc3c3cccc(-c4nc(-c5ccc6c(c5)oc5ccccc56)nc(-c5cccc6sc7ccccc7c56)n4)c32)cc1. The molecule has 0 atom stereocenters. The minimum atomic E-state index is 0.591. The first kappa shape index (κ1) is 28.2. The molecule has 0 radical (unpaired) electrons. The predicted molar refractivity (Wildman–Crippen MR) is 211 cm³/mol. The van der Waals surface area contributed by atoms with Crippen molar-refractivity contribution in [1.29, 1.82) is 0 Å². The van der Waals surface area contributed by atoms with Crippen molar-refractivity contribution >= 4 is 75.3 Å². The summed E-state index contributed by atoms with van der Waals surface area (Å²) in [5.41, 5.74) is 7.71. The summed E-state index contributed by atoms with van der Waals surface area (Å²) in [7, 11) is 0. The first-order valence-electron chi connectivity index (χ1n) is 16.9. The van der Waals surface area contributed by atoms with E-state index in [1.165, 1.54) is 20.2 Å². The van der Waals surface area contributed by atoms with Crippen molar-refractivity contribution < 1.29 is 4.42 Å². The fourth-order valence-electron chi connectivity index (χ4n) is 7.62. The smallest absolute Gasteiger partial charge is 0.166 e. The lowest BCUT2D eigenvalue weighted by Crippen LogP contribution is -2.02. The zero-order valence-corrected chi connectivity index (χ0v) is 27.9. The van der Waals surface area contributed by atoms with E-state index in [9.17, 15) is 0 Å². The van der Waals surface area contributed by atoms with E-state index in [4.69, 9.17) is 19.4 Å². The summed E-state index contributed by atoms with van der Waals surface area (Å²) >= 11 is 1.79. The number of para-hydroxylation sites is 4. The summed E-state index contributed by atoms with van der Waals surface area (Å²) in [5, 5.41) is 6.84. The molecular weight excluding hydrogens is 645 g/mol. The van der Waals surface area contributed by atoms with Gasteiger partial charge < -0.3 is 8.98 Å². The van der Waals surface area contributed by atoms with Gasteiger partial charge in [-0.1, -0.05) is 103 Å². The van der Waals surface area contributed by atoms with E-state index in [1.54, 1.807) is 11.3 Å². The van der Waals surface area contributed by atoms with Crippen LogP contribution in [0.3, 0.4) is 0 Å². The van der Waals surface area contributed by atoms with Gasteiger partial charge >= 0.3 is 0 Å². The normalized spacial score (nSPS) is 11.9. The third-order valence-electron chi connectivity index (χ3n) is 9.87. The minimum Gasteiger partial charge on any atom is -0.456 e. The Bertz CT molecular complexity index is 3150. The van der Waals surface area contributed by atoms with Crippen molar-refractivity contribution in [2.45, 2.75) is 0 Å². The summed E-state index contributed by atoms with van der Waals surface area (Å²) in [5.74, 6) is 1.84. The van der Waals surface area contributed by atoms with Crippen LogP contribution in [0.2, 0.25) is 0 Å². The van der Waals surface area contributed by atoms with Gasteiger partial charge in [0, 0.05) is 64.1 Å². The lowest BCUT2D eigenvalue weighted by atomic mass is 10.0. The molecule has 11 rings (SSSR count). The number of nitrogens with zero attached hydrogens (tertiary/aromatic N) is 4. The summed E-state index contributed by atoms with van der Waals surface area (Å²) in [4.78, 5) is 15.8. The van der Waals surface area contributed by atoms with Gasteiger partial charge in [-0.25, -0.2) is 15.0 Å². The molecule has 4 aromatic heterocycles. The number of thiophene rings is 1. The molecule has 238 valence electrons. The molecule has 11 aromatic rings. The molecule has 0 saturated heterocycles. The third kappa shape index (κ3) is 4.30. The maximum absolute atomic E-state index is 6.32. The van der Waals surface area contributed by atoms with E-state index < -0.39 is 0 Å². The molecule has 0 N–H and O–H groups in total. The Morgan fingerprint density at radius 3 is 2.00 bits per heavy atom. The Hall–Kier alpha value is -6.63. The molecule has 0 amide bonds. The molecule has 0 bridgehead atoms. The predicted octanol–water partition coefficient (Wildman–Crippen LogP) is 12.2. The van der Waals surface area contributed by atoms with Gasteiger partial charge in [0.05, 0.1) is 11.0 Å². The number of fused-ring (bicyclic) bond motifs is 9. The maximum Gasteiger partial charge on any atom is 0.166 e. The van der Waals surface area contributed by atoms with Gasteiger partial charge in [0.15, 0.2) is 17.5 Å². The van der Waals surface area contributed by atoms with E-state index >= 15 is 0 Å². The molecule has 0 saturated carbocycles. The van der Waals surface area contributed by atoms with Crippen LogP contribution in [0.5, 0.6) is 0 Å². The third-order valence-corrected chi connectivity index (χ3v) is 11.0. The Labute approximate surface area is 295 Å². The van der Waals surface area contributed by atoms with Gasteiger partial charge in [-0.2, -0.15) is 0 Å². The van der Waals surface area contributed by atoms with E-state index in [0.717, 1.165) is 66.1 Å². The number of benzene rings is 7. The minimum absolute atomic E-state index is 0.591. The highest BCUT2D eigenvalue weighted by Crippen LogP contribution is 2.42. The monoisotopic (exact) mass is 670 g/mol. The van der Waals surface area contributed by atoms with Gasteiger partial charge in [0.1, 0.15) is 11.2 Å². The Balaban J connectivity index is 1.23. The van der Waals surface area contributed by atoms with Gasteiger partial charge in [0.25, 0.3) is 0 Å². The molecule has 0 aliphatic carbocycles. The topological polar surface area (TPSA) is 56.7 Å². The second-order valence-corrected chi connectivity index (χ2v) is 13.9. The van der Waals surface area contributed by atoms with Crippen LogP contribution in [0, 0.1) is 0 Å². The van der Waals surface area contributed by atoms with Crippen molar-refractivity contribution in [3.05, 3.63) is 158 Å². The standard InChI is InChI=1S/C45H26N4OS/c1-2-12-28(13-3-1)49-36-20-7-4-14-29(36)32-17-10-19-35(42(32)49)45-47-43(27-24-25-31-30-15-5-8-21-37(30)50-38(31)26-27)46-44(48-45)34-18-11-23-40-41(34)33-16-6-9-22-39(33)51-40/h1-26H. The van der Waals surface area contributed by atoms with E-state index in [2.05, 4.69) is 144 Å².